The first-order chi connectivity index (χ1) is 7.40. The number of aromatic nitrogens is 1. The number of aliphatic hydroxyl groups is 1. The maximum atomic E-state index is 11.3. The van der Waals surface area contributed by atoms with E-state index in [4.69, 9.17) is 9.84 Å². The zero-order chi connectivity index (χ0) is 12.2. The summed E-state index contributed by atoms with van der Waals surface area (Å²) in [6, 6.07) is 3.20. The predicted molar refractivity (Wildman–Crippen MR) is 58.1 cm³/mol. The minimum atomic E-state index is -0.670. The van der Waals surface area contributed by atoms with Gasteiger partial charge in [-0.2, -0.15) is 0 Å². The number of rotatable bonds is 2. The standard InChI is InChI=1S/C11H16N2O3/c1-11(2,3)16-10(15)13-9-5-4-8(7-14)6-12-9/h4-6,14H,7H2,1-3H3,(H,12,13,15)/p-1. The molecule has 0 atom stereocenters. The highest BCUT2D eigenvalue weighted by Crippen LogP contribution is 2.11. The summed E-state index contributed by atoms with van der Waals surface area (Å²) in [5.74, 6) is 0.270. The number of hydrogen-bond acceptors (Lipinski definition) is 5. The van der Waals surface area contributed by atoms with E-state index >= 15 is 0 Å². The Labute approximate surface area is 94.4 Å². The number of aliphatic imine (C=N–C) groups is 1. The van der Waals surface area contributed by atoms with Crippen molar-refractivity contribution in [1.29, 1.82) is 0 Å². The van der Waals surface area contributed by atoms with E-state index in [1.165, 1.54) is 6.20 Å². The van der Waals surface area contributed by atoms with Gasteiger partial charge in [0.2, 0.25) is 0 Å². The van der Waals surface area contributed by atoms with Gasteiger partial charge in [-0.3, -0.25) is 0 Å². The highest BCUT2D eigenvalue weighted by atomic mass is 16.6. The lowest BCUT2D eigenvalue weighted by atomic mass is 10.2. The van der Waals surface area contributed by atoms with E-state index in [-0.39, 0.29) is 12.4 Å². The summed E-state index contributed by atoms with van der Waals surface area (Å²) in [4.78, 5) is 7.56. The molecule has 5 nitrogen and oxygen atoms in total. The molecule has 1 aromatic heterocycles. The van der Waals surface area contributed by atoms with Gasteiger partial charge in [-0.1, -0.05) is 26.8 Å². The molecule has 88 valence electrons. The topological polar surface area (TPSA) is 77.8 Å². The number of nitrogens with zero attached hydrogens (tertiary/aromatic N) is 2. The van der Waals surface area contributed by atoms with Crippen LogP contribution >= 0.6 is 0 Å². The van der Waals surface area contributed by atoms with Crippen LogP contribution in [0.5, 0.6) is 0 Å². The van der Waals surface area contributed by atoms with Gasteiger partial charge in [0.1, 0.15) is 0 Å². The molecule has 0 saturated heterocycles. The van der Waals surface area contributed by atoms with Crippen LogP contribution in [0, 0.1) is 0 Å². The molecule has 0 spiro atoms. The number of hydrogen-bond donors (Lipinski definition) is 1. The molecule has 1 aromatic rings. The fourth-order valence-electron chi connectivity index (χ4n) is 0.955. The molecule has 0 saturated carbocycles. The van der Waals surface area contributed by atoms with E-state index in [0.29, 0.717) is 5.56 Å². The van der Waals surface area contributed by atoms with Crippen LogP contribution in [0.25, 0.3) is 0 Å². The Morgan fingerprint density at radius 2 is 2.19 bits per heavy atom. The molecule has 1 N–H and O–H groups in total. The second-order valence-corrected chi connectivity index (χ2v) is 4.27. The van der Waals surface area contributed by atoms with Gasteiger partial charge in [-0.05, 0) is 11.6 Å². The number of pyridine rings is 1. The van der Waals surface area contributed by atoms with E-state index in [9.17, 15) is 5.11 Å². The minimum absolute atomic E-state index is 0.0836. The molecule has 1 rings (SSSR count). The zero-order valence-electron chi connectivity index (χ0n) is 9.60. The van der Waals surface area contributed by atoms with Crippen LogP contribution < -0.4 is 5.11 Å². The summed E-state index contributed by atoms with van der Waals surface area (Å²) in [5, 5.41) is 20.1. The lowest BCUT2D eigenvalue weighted by Crippen LogP contribution is -2.31. The van der Waals surface area contributed by atoms with Crippen LogP contribution in [0.2, 0.25) is 0 Å². The molecular formula is C11H15N2O3-. The minimum Gasteiger partial charge on any atom is -0.594 e. The summed E-state index contributed by atoms with van der Waals surface area (Å²) in [7, 11) is 0. The van der Waals surface area contributed by atoms with Gasteiger partial charge in [0, 0.05) is 11.8 Å². The van der Waals surface area contributed by atoms with Gasteiger partial charge in [-0.25, -0.2) is 9.98 Å². The maximum absolute atomic E-state index is 11.3. The molecule has 0 aliphatic carbocycles. The van der Waals surface area contributed by atoms with Crippen molar-refractivity contribution in [1.82, 2.24) is 4.98 Å². The summed E-state index contributed by atoms with van der Waals surface area (Å²) >= 11 is 0. The van der Waals surface area contributed by atoms with Gasteiger partial charge in [0.15, 0.2) is 11.9 Å². The Morgan fingerprint density at radius 3 is 2.62 bits per heavy atom. The molecule has 0 aliphatic heterocycles. The summed E-state index contributed by atoms with van der Waals surface area (Å²) in [5.41, 5.74) is 0.106. The lowest BCUT2D eigenvalue weighted by Gasteiger charge is -2.29. The lowest BCUT2D eigenvalue weighted by molar-refractivity contribution is -0.259. The average Bonchev–Trinajstić information content (AvgIpc) is 2.16. The summed E-state index contributed by atoms with van der Waals surface area (Å²) in [6.07, 6.45) is 0.792. The monoisotopic (exact) mass is 223 g/mol. The Hall–Kier alpha value is -1.62. The Kier molecular flexibility index (Phi) is 3.84. The first-order valence-corrected chi connectivity index (χ1v) is 4.91. The molecule has 0 fully saturated rings. The first-order valence-electron chi connectivity index (χ1n) is 4.91. The van der Waals surface area contributed by atoms with Gasteiger partial charge >= 0.3 is 0 Å². The number of aliphatic hydroxyl groups excluding tert-OH is 1. The molecule has 1 heterocycles. The predicted octanol–water partition coefficient (Wildman–Crippen LogP) is 0.737. The van der Waals surface area contributed by atoms with Crippen molar-refractivity contribution in [3.63, 3.8) is 0 Å². The summed E-state index contributed by atoms with van der Waals surface area (Å²) in [6.45, 7) is 5.22. The van der Waals surface area contributed by atoms with E-state index in [1.54, 1.807) is 32.9 Å². The average molecular weight is 223 g/mol. The van der Waals surface area contributed by atoms with Gasteiger partial charge < -0.3 is 14.9 Å². The van der Waals surface area contributed by atoms with Crippen LogP contribution in [-0.4, -0.2) is 21.8 Å². The Balaban J connectivity index is 2.74. The van der Waals surface area contributed by atoms with Crippen molar-refractivity contribution in [3.8, 4) is 0 Å². The normalized spacial score (nSPS) is 12.6. The van der Waals surface area contributed by atoms with Crippen LogP contribution in [0.15, 0.2) is 23.3 Å². The largest absolute Gasteiger partial charge is 0.594 e. The van der Waals surface area contributed by atoms with Crippen molar-refractivity contribution >= 4 is 11.9 Å². The second-order valence-electron chi connectivity index (χ2n) is 4.27. The fourth-order valence-corrected chi connectivity index (χ4v) is 0.955. The van der Waals surface area contributed by atoms with E-state index in [0.717, 1.165) is 0 Å². The van der Waals surface area contributed by atoms with E-state index in [1.807, 2.05) is 0 Å². The van der Waals surface area contributed by atoms with Gasteiger partial charge in [-0.15, -0.1) is 0 Å². The van der Waals surface area contributed by atoms with Crippen LogP contribution in [0.4, 0.5) is 5.82 Å². The van der Waals surface area contributed by atoms with Gasteiger partial charge in [0.25, 0.3) is 0 Å². The highest BCUT2D eigenvalue weighted by Gasteiger charge is 2.04. The molecule has 0 unspecified atom stereocenters. The third-order valence-electron chi connectivity index (χ3n) is 1.59. The van der Waals surface area contributed by atoms with Crippen molar-refractivity contribution in [2.24, 2.45) is 4.99 Å². The van der Waals surface area contributed by atoms with Crippen molar-refractivity contribution in [3.05, 3.63) is 23.9 Å². The molecule has 0 bridgehead atoms. The fraction of sp³-hybridized carbons (Fsp3) is 0.455. The molecule has 16 heavy (non-hydrogen) atoms. The zero-order valence-corrected chi connectivity index (χ0v) is 9.60. The number of ether oxygens (including phenoxy) is 1. The molecular weight excluding hydrogens is 208 g/mol. The van der Waals surface area contributed by atoms with Crippen molar-refractivity contribution < 1.29 is 14.9 Å². The van der Waals surface area contributed by atoms with Crippen molar-refractivity contribution in [2.75, 3.05) is 0 Å². The second kappa shape index (κ2) is 4.94. The van der Waals surface area contributed by atoms with Crippen LogP contribution in [0.1, 0.15) is 26.3 Å². The smallest absolute Gasteiger partial charge is 0.153 e. The first kappa shape index (κ1) is 12.4. The van der Waals surface area contributed by atoms with Gasteiger partial charge in [0.05, 0.1) is 6.61 Å². The third-order valence-corrected chi connectivity index (χ3v) is 1.59. The third kappa shape index (κ3) is 4.27. The molecule has 0 radical (unpaired) electrons. The summed E-state index contributed by atoms with van der Waals surface area (Å²) < 4.78 is 5.00. The highest BCUT2D eigenvalue weighted by molar-refractivity contribution is 5.66. The van der Waals surface area contributed by atoms with E-state index < -0.39 is 11.7 Å². The Morgan fingerprint density at radius 1 is 1.50 bits per heavy atom. The van der Waals surface area contributed by atoms with E-state index in [2.05, 4.69) is 9.98 Å². The molecule has 5 heteroatoms. The molecule has 0 amide bonds. The quantitative estimate of drug-likeness (QED) is 0.592. The maximum Gasteiger partial charge on any atom is 0.153 e. The van der Waals surface area contributed by atoms with Crippen LogP contribution in [-0.2, 0) is 11.3 Å². The SMILES string of the molecule is CC(C)(C)OC([O-])=Nc1ccc(CO)cn1. The molecule has 0 aliphatic rings. The van der Waals surface area contributed by atoms with Crippen LogP contribution in [0.3, 0.4) is 0 Å². The molecule has 0 aromatic carbocycles. The van der Waals surface area contributed by atoms with Crippen molar-refractivity contribution in [2.45, 2.75) is 33.0 Å². The Bertz CT molecular complexity index is 366.